The van der Waals surface area contributed by atoms with Gasteiger partial charge in [0.1, 0.15) is 11.9 Å². The summed E-state index contributed by atoms with van der Waals surface area (Å²) in [5.74, 6) is 0.948. The molecule has 2 aromatic heterocycles. The van der Waals surface area contributed by atoms with Crippen molar-refractivity contribution in [2.45, 2.75) is 26.2 Å². The van der Waals surface area contributed by atoms with Crippen molar-refractivity contribution in [3.63, 3.8) is 0 Å². The molecule has 3 aromatic rings. The Labute approximate surface area is 159 Å². The lowest BCUT2D eigenvalue weighted by Gasteiger charge is -2.19. The third kappa shape index (κ3) is 3.58. The Morgan fingerprint density at radius 1 is 1.22 bits per heavy atom. The van der Waals surface area contributed by atoms with E-state index in [-0.39, 0.29) is 0 Å². The Hall–Kier alpha value is -3.09. The van der Waals surface area contributed by atoms with Crippen LogP contribution in [0.5, 0.6) is 0 Å². The molecule has 0 saturated carbocycles. The van der Waals surface area contributed by atoms with Crippen molar-refractivity contribution < 1.29 is 0 Å². The highest BCUT2D eigenvalue weighted by atomic mass is 15.1. The van der Waals surface area contributed by atoms with Crippen LogP contribution in [0.15, 0.2) is 24.3 Å². The zero-order chi connectivity index (χ0) is 19.4. The Bertz CT molecular complexity index is 1050. The molecule has 0 aliphatic rings. The van der Waals surface area contributed by atoms with Crippen LogP contribution in [0.2, 0.25) is 0 Å². The molecule has 2 heterocycles. The van der Waals surface area contributed by atoms with Crippen molar-refractivity contribution in [2.75, 3.05) is 32.5 Å². The van der Waals surface area contributed by atoms with Crippen molar-refractivity contribution in [1.82, 2.24) is 14.3 Å². The Morgan fingerprint density at radius 2 is 2.00 bits per heavy atom. The van der Waals surface area contributed by atoms with Gasteiger partial charge >= 0.3 is 0 Å². The maximum atomic E-state index is 9.76. The van der Waals surface area contributed by atoms with E-state index in [4.69, 9.17) is 10.2 Å². The van der Waals surface area contributed by atoms with E-state index in [1.54, 1.807) is 0 Å². The molecule has 0 aliphatic carbocycles. The topological polar surface area (TPSA) is 80.2 Å². The fourth-order valence-corrected chi connectivity index (χ4v) is 3.46. The molecule has 0 radical (unpaired) electrons. The molecule has 0 unspecified atom stereocenters. The smallest absolute Gasteiger partial charge is 0.157 e. The fourth-order valence-electron chi connectivity index (χ4n) is 3.46. The lowest BCUT2D eigenvalue weighted by Crippen LogP contribution is -2.18. The van der Waals surface area contributed by atoms with Gasteiger partial charge in [-0.15, -0.1) is 0 Å². The van der Waals surface area contributed by atoms with Crippen LogP contribution in [0.4, 0.5) is 5.82 Å². The summed E-state index contributed by atoms with van der Waals surface area (Å²) in [4.78, 5) is 6.87. The van der Waals surface area contributed by atoms with Gasteiger partial charge in [0.15, 0.2) is 5.65 Å². The van der Waals surface area contributed by atoms with E-state index in [9.17, 15) is 5.26 Å². The SMILES string of the molecule is Cc1c(CCC#N)c(NCCCN(C)C)n2c(nc3ccccc32)c1C#N. The average Bonchev–Trinajstić information content (AvgIpc) is 3.03. The lowest BCUT2D eigenvalue weighted by atomic mass is 10.0. The summed E-state index contributed by atoms with van der Waals surface area (Å²) in [5, 5.41) is 22.4. The van der Waals surface area contributed by atoms with Crippen molar-refractivity contribution >= 4 is 22.5 Å². The number of fused-ring (bicyclic) bond motifs is 3. The van der Waals surface area contributed by atoms with Crippen LogP contribution in [-0.4, -0.2) is 41.5 Å². The van der Waals surface area contributed by atoms with Gasteiger partial charge in [-0.1, -0.05) is 12.1 Å². The van der Waals surface area contributed by atoms with Crippen LogP contribution in [-0.2, 0) is 6.42 Å². The summed E-state index contributed by atoms with van der Waals surface area (Å²) in [7, 11) is 4.12. The van der Waals surface area contributed by atoms with Crippen LogP contribution >= 0.6 is 0 Å². The summed E-state index contributed by atoms with van der Waals surface area (Å²) >= 11 is 0. The van der Waals surface area contributed by atoms with Crippen molar-refractivity contribution in [2.24, 2.45) is 0 Å². The number of anilines is 1. The number of imidazole rings is 1. The van der Waals surface area contributed by atoms with E-state index in [1.807, 2.05) is 35.6 Å². The van der Waals surface area contributed by atoms with Crippen LogP contribution < -0.4 is 5.32 Å². The first-order valence-electron chi connectivity index (χ1n) is 9.16. The number of rotatable bonds is 7. The minimum atomic E-state index is 0.413. The minimum Gasteiger partial charge on any atom is -0.371 e. The lowest BCUT2D eigenvalue weighted by molar-refractivity contribution is 0.405. The maximum Gasteiger partial charge on any atom is 0.157 e. The van der Waals surface area contributed by atoms with E-state index < -0.39 is 0 Å². The first-order chi connectivity index (χ1) is 13.1. The van der Waals surface area contributed by atoms with Gasteiger partial charge in [-0.25, -0.2) is 4.98 Å². The quantitative estimate of drug-likeness (QED) is 0.652. The number of hydrogen-bond acceptors (Lipinski definition) is 5. The molecule has 0 spiro atoms. The van der Waals surface area contributed by atoms with Gasteiger partial charge in [-0.2, -0.15) is 10.5 Å². The average molecular weight is 360 g/mol. The first kappa shape index (κ1) is 18.7. The monoisotopic (exact) mass is 360 g/mol. The second-order valence-electron chi connectivity index (χ2n) is 6.94. The third-order valence-electron chi connectivity index (χ3n) is 4.79. The number of aromatic nitrogens is 2. The number of nitrogens with zero attached hydrogens (tertiary/aromatic N) is 5. The molecule has 0 aliphatic heterocycles. The van der Waals surface area contributed by atoms with Gasteiger partial charge in [0.2, 0.25) is 0 Å². The van der Waals surface area contributed by atoms with Crippen molar-refractivity contribution in [3.8, 4) is 12.1 Å². The molecule has 1 aromatic carbocycles. The first-order valence-corrected chi connectivity index (χ1v) is 9.16. The Balaban J connectivity index is 2.21. The van der Waals surface area contributed by atoms with Gasteiger partial charge < -0.3 is 10.2 Å². The third-order valence-corrected chi connectivity index (χ3v) is 4.79. The molecule has 138 valence electrons. The number of nitrogens with one attached hydrogen (secondary N) is 1. The molecule has 27 heavy (non-hydrogen) atoms. The summed E-state index contributed by atoms with van der Waals surface area (Å²) in [6.45, 7) is 3.75. The summed E-state index contributed by atoms with van der Waals surface area (Å²) < 4.78 is 2.04. The normalized spacial score (nSPS) is 11.0. The fraction of sp³-hybridized carbons (Fsp3) is 0.381. The highest BCUT2D eigenvalue weighted by Crippen LogP contribution is 2.31. The van der Waals surface area contributed by atoms with Gasteiger partial charge in [-0.05, 0) is 63.7 Å². The molecule has 1 N–H and O–H groups in total. The predicted octanol–water partition coefficient (Wildman–Crippen LogP) is 3.49. The number of para-hydroxylation sites is 2. The Morgan fingerprint density at radius 3 is 2.70 bits per heavy atom. The standard InChI is InChI=1S/C21H24N6/c1-15-16(8-6-11-22)20(24-12-7-13-26(2)3)27-19-10-5-4-9-18(19)25-21(27)17(15)14-23/h4-5,9-10,24H,6-8,12-13H2,1-3H3. The summed E-state index contributed by atoms with van der Waals surface area (Å²) in [6.07, 6.45) is 2.02. The molecular weight excluding hydrogens is 336 g/mol. The molecule has 6 nitrogen and oxygen atoms in total. The van der Waals surface area contributed by atoms with E-state index in [0.29, 0.717) is 24.1 Å². The van der Waals surface area contributed by atoms with E-state index >= 15 is 0 Å². The second-order valence-corrected chi connectivity index (χ2v) is 6.94. The number of pyridine rings is 1. The highest BCUT2D eigenvalue weighted by Gasteiger charge is 2.20. The number of benzene rings is 1. The highest BCUT2D eigenvalue weighted by molar-refractivity contribution is 5.86. The summed E-state index contributed by atoms with van der Waals surface area (Å²) in [5.41, 5.74) is 5.02. The van der Waals surface area contributed by atoms with E-state index in [1.165, 1.54) is 0 Å². The van der Waals surface area contributed by atoms with Gasteiger partial charge in [0, 0.05) is 13.0 Å². The van der Waals surface area contributed by atoms with Gasteiger partial charge in [0.05, 0.1) is 22.7 Å². The molecular formula is C21H24N6. The molecule has 0 bridgehead atoms. The number of hydrogen-bond donors (Lipinski definition) is 1. The van der Waals surface area contributed by atoms with Crippen molar-refractivity contribution in [1.29, 1.82) is 10.5 Å². The molecule has 0 saturated heterocycles. The van der Waals surface area contributed by atoms with Crippen molar-refractivity contribution in [3.05, 3.63) is 41.0 Å². The molecule has 6 heteroatoms. The van der Waals surface area contributed by atoms with Gasteiger partial charge in [-0.3, -0.25) is 4.40 Å². The maximum absolute atomic E-state index is 9.76. The molecule has 3 rings (SSSR count). The molecule has 0 fully saturated rings. The molecule has 0 atom stereocenters. The van der Waals surface area contributed by atoms with Crippen LogP contribution in [0, 0.1) is 29.6 Å². The Kier molecular flexibility index (Phi) is 5.59. The molecule has 0 amide bonds. The van der Waals surface area contributed by atoms with Gasteiger partial charge in [0.25, 0.3) is 0 Å². The van der Waals surface area contributed by atoms with E-state index in [2.05, 4.69) is 36.5 Å². The van der Waals surface area contributed by atoms with E-state index in [0.717, 1.165) is 47.5 Å². The summed E-state index contributed by atoms with van der Waals surface area (Å²) in [6, 6.07) is 12.5. The largest absolute Gasteiger partial charge is 0.371 e. The zero-order valence-corrected chi connectivity index (χ0v) is 16.1. The second kappa shape index (κ2) is 8.07. The van der Waals surface area contributed by atoms with Crippen LogP contribution in [0.1, 0.15) is 29.5 Å². The predicted molar refractivity (Wildman–Crippen MR) is 108 cm³/mol. The minimum absolute atomic E-state index is 0.413. The zero-order valence-electron chi connectivity index (χ0n) is 16.1. The number of nitriles is 2. The van der Waals surface area contributed by atoms with Crippen LogP contribution in [0.3, 0.4) is 0 Å². The van der Waals surface area contributed by atoms with Crippen LogP contribution in [0.25, 0.3) is 16.7 Å².